The highest BCUT2D eigenvalue weighted by Gasteiger charge is 2.21. The molecule has 0 radical (unpaired) electrons. The molecule has 0 bridgehead atoms. The number of methoxy groups -OCH3 is 1. The maximum Gasteiger partial charge on any atom is 0.280 e. The molecule has 0 atom stereocenters. The van der Waals surface area contributed by atoms with Crippen molar-refractivity contribution in [2.75, 3.05) is 7.11 Å². The number of thiazole rings is 1. The van der Waals surface area contributed by atoms with Crippen LogP contribution in [0.15, 0.2) is 10.8 Å². The van der Waals surface area contributed by atoms with Gasteiger partial charge in [-0.2, -0.15) is 0 Å². The number of alkyl halides is 2. The van der Waals surface area contributed by atoms with Gasteiger partial charge < -0.3 is 14.6 Å². The van der Waals surface area contributed by atoms with Gasteiger partial charge in [-0.15, -0.1) is 11.3 Å². The average molecular weight is 338 g/mol. The molecule has 1 N–H and O–H groups in total. The first kappa shape index (κ1) is 15.8. The molecule has 0 saturated carbocycles. The minimum Gasteiger partial charge on any atom is -0.378 e. The normalized spacial score (nSPS) is 11.1. The Morgan fingerprint density at radius 3 is 3.00 bits per heavy atom. The lowest BCUT2D eigenvalue weighted by atomic mass is 10.2. The van der Waals surface area contributed by atoms with Gasteiger partial charge in [0.15, 0.2) is 5.01 Å². The minimum atomic E-state index is -2.76. The van der Waals surface area contributed by atoms with Crippen molar-refractivity contribution in [3.63, 3.8) is 0 Å². The van der Waals surface area contributed by atoms with E-state index in [9.17, 15) is 13.6 Å². The molecule has 0 saturated heterocycles. The van der Waals surface area contributed by atoms with E-state index in [0.717, 1.165) is 0 Å². The lowest BCUT2D eigenvalue weighted by Crippen LogP contribution is -2.23. The highest BCUT2D eigenvalue weighted by Crippen LogP contribution is 2.32. The zero-order valence-electron chi connectivity index (χ0n) is 10.7. The SMILES string of the molecule is COCc1nocc1CNC(=O)c1nc(Cl)c(C(F)F)s1. The number of nitrogens with one attached hydrogen (secondary N) is 1. The first-order chi connectivity index (χ1) is 10.0. The molecule has 2 aromatic rings. The molecule has 0 aliphatic carbocycles. The molecule has 6 nitrogen and oxygen atoms in total. The number of hydrogen-bond acceptors (Lipinski definition) is 6. The molecule has 0 fully saturated rings. The quantitative estimate of drug-likeness (QED) is 0.877. The Kier molecular flexibility index (Phi) is 5.21. The minimum absolute atomic E-state index is 0.113. The molecule has 2 rings (SSSR count). The van der Waals surface area contributed by atoms with Gasteiger partial charge in [-0.05, 0) is 0 Å². The van der Waals surface area contributed by atoms with Gasteiger partial charge in [0.2, 0.25) is 0 Å². The second-order valence-corrected chi connectivity index (χ2v) is 5.27. The van der Waals surface area contributed by atoms with Crippen LogP contribution >= 0.6 is 22.9 Å². The summed E-state index contributed by atoms with van der Waals surface area (Å²) in [5.41, 5.74) is 1.17. The molecule has 10 heteroatoms. The molecule has 1 amide bonds. The molecule has 0 aromatic carbocycles. The molecule has 0 aliphatic heterocycles. The molecule has 2 heterocycles. The lowest BCUT2D eigenvalue weighted by molar-refractivity contribution is 0.0950. The Bertz CT molecular complexity index is 632. The number of carbonyl (C=O) groups is 1. The van der Waals surface area contributed by atoms with Crippen LogP contribution in [-0.4, -0.2) is 23.2 Å². The molecule has 21 heavy (non-hydrogen) atoms. The topological polar surface area (TPSA) is 77.3 Å². The Balaban J connectivity index is 2.01. The van der Waals surface area contributed by atoms with Crippen LogP contribution in [0.5, 0.6) is 0 Å². The van der Waals surface area contributed by atoms with Crippen LogP contribution in [0, 0.1) is 0 Å². The number of aromatic nitrogens is 2. The summed E-state index contributed by atoms with van der Waals surface area (Å²) in [6.07, 6.45) is -1.39. The summed E-state index contributed by atoms with van der Waals surface area (Å²) in [5.74, 6) is -0.599. The standard InChI is InChI=1S/C11H10ClF2N3O3S/c1-19-4-6-5(3-20-17-6)2-15-10(18)11-16-8(12)7(21-11)9(13)14/h3,9H,2,4H2,1H3,(H,15,18). The second kappa shape index (κ2) is 6.92. The molecular weight excluding hydrogens is 328 g/mol. The molecule has 0 aliphatic rings. The summed E-state index contributed by atoms with van der Waals surface area (Å²) in [4.78, 5) is 15.0. The third-order valence-corrected chi connectivity index (χ3v) is 3.91. The van der Waals surface area contributed by atoms with Crippen molar-refractivity contribution < 1.29 is 22.8 Å². The van der Waals surface area contributed by atoms with Gasteiger partial charge in [0, 0.05) is 19.2 Å². The number of rotatable bonds is 6. The zero-order valence-corrected chi connectivity index (χ0v) is 12.3. The molecule has 2 aromatic heterocycles. The Hall–Kier alpha value is -1.58. The third-order valence-electron chi connectivity index (χ3n) is 2.45. The Morgan fingerprint density at radius 1 is 1.62 bits per heavy atom. The van der Waals surface area contributed by atoms with Crippen LogP contribution in [0.1, 0.15) is 32.4 Å². The number of hydrogen-bond donors (Lipinski definition) is 1. The van der Waals surface area contributed by atoms with Crippen molar-refractivity contribution in [1.29, 1.82) is 0 Å². The largest absolute Gasteiger partial charge is 0.378 e. The van der Waals surface area contributed by atoms with E-state index in [1.807, 2.05) is 0 Å². The van der Waals surface area contributed by atoms with E-state index in [1.54, 1.807) is 0 Å². The summed E-state index contributed by atoms with van der Waals surface area (Å²) in [7, 11) is 1.50. The van der Waals surface area contributed by atoms with E-state index in [-0.39, 0.29) is 23.3 Å². The van der Waals surface area contributed by atoms with Crippen LogP contribution in [0.3, 0.4) is 0 Å². The van der Waals surface area contributed by atoms with Gasteiger partial charge in [-0.1, -0.05) is 16.8 Å². The highest BCUT2D eigenvalue weighted by atomic mass is 35.5. The first-order valence-corrected chi connectivity index (χ1v) is 6.86. The number of amides is 1. The van der Waals surface area contributed by atoms with Crippen LogP contribution in [0.2, 0.25) is 5.15 Å². The molecule has 0 unspecified atom stereocenters. The van der Waals surface area contributed by atoms with Crippen molar-refractivity contribution in [3.8, 4) is 0 Å². The molecular formula is C11H10ClF2N3O3S. The second-order valence-electron chi connectivity index (χ2n) is 3.88. The van der Waals surface area contributed by atoms with Gasteiger partial charge in [-0.3, -0.25) is 4.79 Å². The van der Waals surface area contributed by atoms with Gasteiger partial charge in [-0.25, -0.2) is 13.8 Å². The summed E-state index contributed by atoms with van der Waals surface area (Å²) in [6.45, 7) is 0.350. The fourth-order valence-electron chi connectivity index (χ4n) is 1.48. The number of ether oxygens (including phenoxy) is 1. The molecule has 0 spiro atoms. The maximum atomic E-state index is 12.6. The van der Waals surface area contributed by atoms with Crippen molar-refractivity contribution in [2.45, 2.75) is 19.6 Å². The van der Waals surface area contributed by atoms with Crippen molar-refractivity contribution in [1.82, 2.24) is 15.5 Å². The van der Waals surface area contributed by atoms with E-state index >= 15 is 0 Å². The van der Waals surface area contributed by atoms with Crippen LogP contribution in [0.25, 0.3) is 0 Å². The predicted octanol–water partition coefficient (Wildman–Crippen LogP) is 2.80. The fourth-order valence-corrected chi connectivity index (χ4v) is 2.54. The third kappa shape index (κ3) is 3.74. The predicted molar refractivity (Wildman–Crippen MR) is 70.5 cm³/mol. The summed E-state index contributed by atoms with van der Waals surface area (Å²) < 4.78 is 34.8. The van der Waals surface area contributed by atoms with Crippen molar-refractivity contribution in [2.24, 2.45) is 0 Å². The highest BCUT2D eigenvalue weighted by molar-refractivity contribution is 7.14. The van der Waals surface area contributed by atoms with E-state index in [0.29, 0.717) is 22.6 Å². The summed E-state index contributed by atoms with van der Waals surface area (Å²) in [6, 6.07) is 0. The van der Waals surface area contributed by atoms with Crippen molar-refractivity contribution in [3.05, 3.63) is 32.6 Å². The first-order valence-electron chi connectivity index (χ1n) is 5.66. The number of nitrogens with zero attached hydrogens (tertiary/aromatic N) is 2. The smallest absolute Gasteiger partial charge is 0.280 e. The van der Waals surface area contributed by atoms with Gasteiger partial charge in [0.25, 0.3) is 12.3 Å². The fraction of sp³-hybridized carbons (Fsp3) is 0.364. The van der Waals surface area contributed by atoms with Crippen molar-refractivity contribution >= 4 is 28.8 Å². The zero-order chi connectivity index (χ0) is 15.4. The van der Waals surface area contributed by atoms with E-state index in [1.165, 1.54) is 13.4 Å². The van der Waals surface area contributed by atoms with Crippen LogP contribution in [0.4, 0.5) is 8.78 Å². The lowest BCUT2D eigenvalue weighted by Gasteiger charge is -2.02. The van der Waals surface area contributed by atoms with Gasteiger partial charge >= 0.3 is 0 Å². The molecule has 114 valence electrons. The van der Waals surface area contributed by atoms with Crippen LogP contribution in [-0.2, 0) is 17.9 Å². The van der Waals surface area contributed by atoms with E-state index < -0.39 is 17.2 Å². The summed E-state index contributed by atoms with van der Waals surface area (Å²) >= 11 is 6.11. The van der Waals surface area contributed by atoms with E-state index in [2.05, 4.69) is 15.5 Å². The monoisotopic (exact) mass is 337 g/mol. The van der Waals surface area contributed by atoms with E-state index in [4.69, 9.17) is 20.9 Å². The van der Waals surface area contributed by atoms with Gasteiger partial charge in [0.05, 0.1) is 6.61 Å². The Labute approximate surface area is 127 Å². The maximum absolute atomic E-state index is 12.6. The average Bonchev–Trinajstić information content (AvgIpc) is 3.03. The van der Waals surface area contributed by atoms with Gasteiger partial charge in [0.1, 0.15) is 22.0 Å². The number of halogens is 3. The number of carbonyl (C=O) groups excluding carboxylic acids is 1. The summed E-state index contributed by atoms with van der Waals surface area (Å²) in [5, 5.41) is 5.76. The Morgan fingerprint density at radius 2 is 2.38 bits per heavy atom. The van der Waals surface area contributed by atoms with Crippen LogP contribution < -0.4 is 5.32 Å².